The molecule has 1 rings (SSSR count). The molecule has 1 aliphatic heterocycles. The maximum Gasteiger partial charge on any atom is -0.000208 e. The largest absolute Gasteiger partial charge is 0.317 e. The van der Waals surface area contributed by atoms with E-state index in [0.29, 0.717) is 0 Å². The molecule has 0 aromatic carbocycles. The smallest absolute Gasteiger partial charge is 0.000208 e. The summed E-state index contributed by atoms with van der Waals surface area (Å²) in [6, 6.07) is 0. The summed E-state index contributed by atoms with van der Waals surface area (Å²) in [5.41, 5.74) is 0. The standard InChI is InChI=1S/C7H14IN/c8-4-1-7-2-5-9-6-3-7/h7,9H,1-6H2. The van der Waals surface area contributed by atoms with Crippen molar-refractivity contribution in [1.82, 2.24) is 5.32 Å². The zero-order chi connectivity index (χ0) is 6.53. The Labute approximate surface area is 70.7 Å². The lowest BCUT2D eigenvalue weighted by Gasteiger charge is -2.21. The molecule has 0 saturated carbocycles. The molecule has 1 nitrogen and oxygen atoms in total. The highest BCUT2D eigenvalue weighted by molar-refractivity contribution is 14.1. The van der Waals surface area contributed by atoms with E-state index in [-0.39, 0.29) is 0 Å². The molecule has 0 aromatic heterocycles. The van der Waals surface area contributed by atoms with Crippen molar-refractivity contribution >= 4 is 22.6 Å². The summed E-state index contributed by atoms with van der Waals surface area (Å²) in [7, 11) is 0. The van der Waals surface area contributed by atoms with Gasteiger partial charge in [-0.1, -0.05) is 22.6 Å². The highest BCUT2D eigenvalue weighted by atomic mass is 127. The van der Waals surface area contributed by atoms with E-state index in [0.717, 1.165) is 5.92 Å². The van der Waals surface area contributed by atoms with Crippen LogP contribution in [0.2, 0.25) is 0 Å². The molecule has 0 spiro atoms. The highest BCUT2D eigenvalue weighted by Crippen LogP contribution is 2.16. The number of rotatable bonds is 2. The van der Waals surface area contributed by atoms with Gasteiger partial charge >= 0.3 is 0 Å². The van der Waals surface area contributed by atoms with Gasteiger partial charge in [0, 0.05) is 0 Å². The second-order valence-corrected chi connectivity index (χ2v) is 3.75. The summed E-state index contributed by atoms with van der Waals surface area (Å²) < 4.78 is 1.34. The van der Waals surface area contributed by atoms with Crippen LogP contribution >= 0.6 is 22.6 Å². The number of hydrogen-bond donors (Lipinski definition) is 1. The SMILES string of the molecule is ICCC1CCNCC1. The second kappa shape index (κ2) is 4.50. The fourth-order valence-corrected chi connectivity index (χ4v) is 2.21. The van der Waals surface area contributed by atoms with Crippen LogP contribution in [0.1, 0.15) is 19.3 Å². The predicted octanol–water partition coefficient (Wildman–Crippen LogP) is 1.81. The van der Waals surface area contributed by atoms with Gasteiger partial charge in [-0.05, 0) is 42.7 Å². The van der Waals surface area contributed by atoms with Crippen LogP contribution in [0.25, 0.3) is 0 Å². The Hall–Kier alpha value is 0.690. The van der Waals surface area contributed by atoms with Crippen molar-refractivity contribution in [2.75, 3.05) is 17.5 Å². The van der Waals surface area contributed by atoms with Gasteiger partial charge in [0.15, 0.2) is 0 Å². The molecule has 0 radical (unpaired) electrons. The Morgan fingerprint density at radius 3 is 2.56 bits per heavy atom. The fourth-order valence-electron chi connectivity index (χ4n) is 1.32. The van der Waals surface area contributed by atoms with Gasteiger partial charge in [0.25, 0.3) is 0 Å². The van der Waals surface area contributed by atoms with E-state index in [1.807, 2.05) is 0 Å². The number of piperidine rings is 1. The highest BCUT2D eigenvalue weighted by Gasteiger charge is 2.10. The van der Waals surface area contributed by atoms with E-state index in [4.69, 9.17) is 0 Å². The number of alkyl halides is 1. The summed E-state index contributed by atoms with van der Waals surface area (Å²) in [6.45, 7) is 2.50. The minimum Gasteiger partial charge on any atom is -0.317 e. The lowest BCUT2D eigenvalue weighted by Crippen LogP contribution is -2.27. The van der Waals surface area contributed by atoms with E-state index < -0.39 is 0 Å². The first kappa shape index (κ1) is 7.79. The first-order valence-corrected chi connectivity index (χ1v) is 5.22. The summed E-state index contributed by atoms with van der Waals surface area (Å²) in [4.78, 5) is 0. The van der Waals surface area contributed by atoms with E-state index in [1.54, 1.807) is 0 Å². The van der Waals surface area contributed by atoms with Crippen LogP contribution in [0, 0.1) is 5.92 Å². The van der Waals surface area contributed by atoms with Crippen molar-refractivity contribution in [2.24, 2.45) is 5.92 Å². The third-order valence-electron chi connectivity index (χ3n) is 1.98. The Kier molecular flexibility index (Phi) is 3.89. The summed E-state index contributed by atoms with van der Waals surface area (Å²) >= 11 is 2.47. The molecule has 1 aliphatic rings. The van der Waals surface area contributed by atoms with Gasteiger partial charge in [0.05, 0.1) is 0 Å². The Morgan fingerprint density at radius 2 is 2.00 bits per heavy atom. The lowest BCUT2D eigenvalue weighted by molar-refractivity contribution is 0.369. The zero-order valence-corrected chi connectivity index (χ0v) is 7.86. The molecule has 1 fully saturated rings. The first-order valence-electron chi connectivity index (χ1n) is 3.70. The van der Waals surface area contributed by atoms with Gasteiger partial charge in [-0.25, -0.2) is 0 Å². The monoisotopic (exact) mass is 239 g/mol. The fraction of sp³-hybridized carbons (Fsp3) is 1.00. The van der Waals surface area contributed by atoms with E-state index in [9.17, 15) is 0 Å². The molecule has 1 heterocycles. The van der Waals surface area contributed by atoms with Crippen LogP contribution in [0.15, 0.2) is 0 Å². The van der Waals surface area contributed by atoms with Gasteiger partial charge in [0.2, 0.25) is 0 Å². The van der Waals surface area contributed by atoms with Gasteiger partial charge in [-0.3, -0.25) is 0 Å². The predicted molar refractivity (Wildman–Crippen MR) is 49.1 cm³/mol. The molecule has 0 amide bonds. The molecule has 1 N–H and O–H groups in total. The molecule has 0 bridgehead atoms. The third kappa shape index (κ3) is 2.85. The molecule has 0 aromatic rings. The number of hydrogen-bond acceptors (Lipinski definition) is 1. The molecular formula is C7H14IN. The summed E-state index contributed by atoms with van der Waals surface area (Å²) in [5.74, 6) is 1.03. The van der Waals surface area contributed by atoms with Gasteiger partial charge < -0.3 is 5.32 Å². The molecule has 54 valence electrons. The molecule has 2 heteroatoms. The number of nitrogens with one attached hydrogen (secondary N) is 1. The maximum atomic E-state index is 3.37. The minimum atomic E-state index is 1.03. The van der Waals surface area contributed by atoms with Gasteiger partial charge in [-0.15, -0.1) is 0 Å². The maximum absolute atomic E-state index is 3.37. The van der Waals surface area contributed by atoms with Gasteiger partial charge in [-0.2, -0.15) is 0 Å². The van der Waals surface area contributed by atoms with Crippen LogP contribution in [0.3, 0.4) is 0 Å². The quantitative estimate of drug-likeness (QED) is 0.572. The summed E-state index contributed by atoms with van der Waals surface area (Å²) in [5, 5.41) is 3.37. The van der Waals surface area contributed by atoms with Crippen molar-refractivity contribution in [3.63, 3.8) is 0 Å². The Morgan fingerprint density at radius 1 is 1.33 bits per heavy atom. The van der Waals surface area contributed by atoms with Crippen LogP contribution in [-0.4, -0.2) is 17.5 Å². The topological polar surface area (TPSA) is 12.0 Å². The second-order valence-electron chi connectivity index (χ2n) is 2.67. The van der Waals surface area contributed by atoms with Crippen molar-refractivity contribution < 1.29 is 0 Å². The lowest BCUT2D eigenvalue weighted by atomic mass is 9.96. The van der Waals surface area contributed by atoms with E-state index >= 15 is 0 Å². The molecule has 0 aliphatic carbocycles. The van der Waals surface area contributed by atoms with Crippen LogP contribution in [-0.2, 0) is 0 Å². The van der Waals surface area contributed by atoms with Crippen molar-refractivity contribution in [3.05, 3.63) is 0 Å². The summed E-state index contributed by atoms with van der Waals surface area (Å²) in [6.07, 6.45) is 4.24. The molecule has 0 atom stereocenters. The van der Waals surface area contributed by atoms with E-state index in [2.05, 4.69) is 27.9 Å². The normalized spacial score (nSPS) is 22.3. The molecule has 1 saturated heterocycles. The molecular weight excluding hydrogens is 225 g/mol. The molecule has 9 heavy (non-hydrogen) atoms. The van der Waals surface area contributed by atoms with Crippen molar-refractivity contribution in [1.29, 1.82) is 0 Å². The van der Waals surface area contributed by atoms with Crippen LogP contribution in [0.4, 0.5) is 0 Å². The Bertz CT molecular complexity index is 66.6. The van der Waals surface area contributed by atoms with E-state index in [1.165, 1.54) is 36.8 Å². The minimum absolute atomic E-state index is 1.03. The zero-order valence-electron chi connectivity index (χ0n) is 5.70. The number of halogens is 1. The van der Waals surface area contributed by atoms with Crippen LogP contribution in [0.5, 0.6) is 0 Å². The Balaban J connectivity index is 2.08. The average Bonchev–Trinajstić information content (AvgIpc) is 1.91. The average molecular weight is 239 g/mol. The van der Waals surface area contributed by atoms with Crippen LogP contribution < -0.4 is 5.32 Å². The first-order chi connectivity index (χ1) is 4.43. The molecule has 0 unspecified atom stereocenters. The van der Waals surface area contributed by atoms with Gasteiger partial charge in [0.1, 0.15) is 0 Å². The third-order valence-corrected chi connectivity index (χ3v) is 2.60. The van der Waals surface area contributed by atoms with Crippen molar-refractivity contribution in [3.8, 4) is 0 Å². The van der Waals surface area contributed by atoms with Crippen molar-refractivity contribution in [2.45, 2.75) is 19.3 Å².